The molecule has 0 heterocycles. The molecule has 88 valence electrons. The van der Waals surface area contributed by atoms with Crippen LogP contribution < -0.4 is 11.3 Å². The SMILES string of the molecule is C=C(CC)CC(NN)c1ccc(Cl)cc1C. The van der Waals surface area contributed by atoms with Crippen LogP contribution in [-0.2, 0) is 0 Å². The predicted octanol–water partition coefficient (Wildman–Crippen LogP) is 3.51. The molecule has 3 heteroatoms. The molecule has 2 nitrogen and oxygen atoms in total. The van der Waals surface area contributed by atoms with Gasteiger partial charge in [0.1, 0.15) is 0 Å². The summed E-state index contributed by atoms with van der Waals surface area (Å²) in [5, 5.41) is 0.756. The number of halogens is 1. The maximum atomic E-state index is 5.93. The Labute approximate surface area is 102 Å². The second kappa shape index (κ2) is 6.04. The minimum absolute atomic E-state index is 0.115. The number of nitrogens with one attached hydrogen (secondary N) is 1. The van der Waals surface area contributed by atoms with Crippen molar-refractivity contribution in [1.82, 2.24) is 5.43 Å². The van der Waals surface area contributed by atoms with Crippen LogP contribution >= 0.6 is 11.6 Å². The van der Waals surface area contributed by atoms with Gasteiger partial charge in [0.05, 0.1) is 0 Å². The van der Waals surface area contributed by atoms with Gasteiger partial charge in [-0.25, -0.2) is 0 Å². The van der Waals surface area contributed by atoms with Gasteiger partial charge in [-0.3, -0.25) is 11.3 Å². The second-order valence-corrected chi connectivity index (χ2v) is 4.46. The first kappa shape index (κ1) is 13.2. The maximum absolute atomic E-state index is 5.93. The second-order valence-electron chi connectivity index (χ2n) is 4.03. The summed E-state index contributed by atoms with van der Waals surface area (Å²) in [6.07, 6.45) is 1.83. The van der Waals surface area contributed by atoms with Gasteiger partial charge in [-0.15, -0.1) is 0 Å². The highest BCUT2D eigenvalue weighted by Gasteiger charge is 2.12. The summed E-state index contributed by atoms with van der Waals surface area (Å²) in [6.45, 7) is 8.16. The molecule has 0 aliphatic rings. The molecule has 1 rings (SSSR count). The Morgan fingerprint density at radius 3 is 2.75 bits per heavy atom. The highest BCUT2D eigenvalue weighted by molar-refractivity contribution is 6.30. The lowest BCUT2D eigenvalue weighted by molar-refractivity contribution is 0.542. The first-order valence-electron chi connectivity index (χ1n) is 5.47. The molecule has 0 bridgehead atoms. The third-order valence-corrected chi connectivity index (χ3v) is 3.04. The van der Waals surface area contributed by atoms with E-state index < -0.39 is 0 Å². The summed E-state index contributed by atoms with van der Waals surface area (Å²) in [5.41, 5.74) is 6.37. The molecule has 0 aliphatic carbocycles. The topological polar surface area (TPSA) is 38.0 Å². The number of benzene rings is 1. The molecule has 0 aliphatic heterocycles. The number of hydrogen-bond donors (Lipinski definition) is 2. The molecule has 1 aromatic rings. The van der Waals surface area contributed by atoms with Crippen LogP contribution in [0.1, 0.15) is 36.9 Å². The Hall–Kier alpha value is -0.830. The molecule has 1 atom stereocenters. The molecular formula is C13H19ClN2. The Morgan fingerprint density at radius 1 is 1.56 bits per heavy atom. The number of aryl methyl sites for hydroxylation is 1. The van der Waals surface area contributed by atoms with Gasteiger partial charge in [0, 0.05) is 11.1 Å². The average molecular weight is 239 g/mol. The molecule has 0 radical (unpaired) electrons. The maximum Gasteiger partial charge on any atom is 0.0499 e. The Bertz CT molecular complexity index is 374. The molecule has 0 spiro atoms. The van der Waals surface area contributed by atoms with Crippen LogP contribution in [0.15, 0.2) is 30.4 Å². The third-order valence-electron chi connectivity index (χ3n) is 2.80. The van der Waals surface area contributed by atoms with E-state index in [9.17, 15) is 0 Å². The number of rotatable bonds is 5. The van der Waals surface area contributed by atoms with Crippen LogP contribution in [0.5, 0.6) is 0 Å². The monoisotopic (exact) mass is 238 g/mol. The van der Waals surface area contributed by atoms with Gasteiger partial charge in [0.15, 0.2) is 0 Å². The average Bonchev–Trinajstić information content (AvgIpc) is 2.26. The third kappa shape index (κ3) is 3.34. The van der Waals surface area contributed by atoms with E-state index in [1.807, 2.05) is 25.1 Å². The summed E-state index contributed by atoms with van der Waals surface area (Å²) >= 11 is 5.93. The molecule has 1 unspecified atom stereocenters. The zero-order chi connectivity index (χ0) is 12.1. The zero-order valence-electron chi connectivity index (χ0n) is 9.89. The number of nitrogens with two attached hydrogens (primary N) is 1. The molecule has 0 saturated heterocycles. The fraction of sp³-hybridized carbons (Fsp3) is 0.385. The van der Waals surface area contributed by atoms with Crippen LogP contribution in [0.2, 0.25) is 5.02 Å². The van der Waals surface area contributed by atoms with Gasteiger partial charge >= 0.3 is 0 Å². The normalized spacial score (nSPS) is 12.5. The fourth-order valence-corrected chi connectivity index (χ4v) is 1.95. The van der Waals surface area contributed by atoms with Crippen molar-refractivity contribution in [2.24, 2.45) is 5.84 Å². The van der Waals surface area contributed by atoms with Crippen LogP contribution in [0, 0.1) is 6.92 Å². The predicted molar refractivity (Wildman–Crippen MR) is 70.3 cm³/mol. The zero-order valence-corrected chi connectivity index (χ0v) is 10.6. The number of hydrogen-bond acceptors (Lipinski definition) is 2. The van der Waals surface area contributed by atoms with Crippen molar-refractivity contribution in [2.45, 2.75) is 32.7 Å². The smallest absolute Gasteiger partial charge is 0.0499 e. The van der Waals surface area contributed by atoms with E-state index in [0.717, 1.165) is 23.4 Å². The lowest BCUT2D eigenvalue weighted by Gasteiger charge is -2.19. The van der Waals surface area contributed by atoms with Crippen molar-refractivity contribution in [3.8, 4) is 0 Å². The van der Waals surface area contributed by atoms with E-state index in [1.165, 1.54) is 11.1 Å². The summed E-state index contributed by atoms with van der Waals surface area (Å²) in [6, 6.07) is 5.98. The van der Waals surface area contributed by atoms with E-state index in [1.54, 1.807) is 0 Å². The molecule has 0 saturated carbocycles. The van der Waals surface area contributed by atoms with Crippen molar-refractivity contribution in [3.05, 3.63) is 46.5 Å². The molecule has 0 fully saturated rings. The van der Waals surface area contributed by atoms with Gasteiger partial charge in [-0.05, 0) is 43.0 Å². The summed E-state index contributed by atoms with van der Waals surface area (Å²) in [7, 11) is 0. The largest absolute Gasteiger partial charge is 0.271 e. The van der Waals surface area contributed by atoms with Gasteiger partial charge in [-0.2, -0.15) is 0 Å². The standard InChI is InChI=1S/C13H19ClN2/c1-4-9(2)7-13(16-15)12-6-5-11(14)8-10(12)3/h5-6,8,13,16H,2,4,7,15H2,1,3H3. The van der Waals surface area contributed by atoms with Crippen LogP contribution in [0.25, 0.3) is 0 Å². The molecule has 0 amide bonds. The van der Waals surface area contributed by atoms with Crippen LogP contribution in [0.4, 0.5) is 0 Å². The minimum Gasteiger partial charge on any atom is -0.271 e. The quantitative estimate of drug-likeness (QED) is 0.468. The first-order chi connectivity index (χ1) is 7.58. The van der Waals surface area contributed by atoms with E-state index in [2.05, 4.69) is 18.9 Å². The van der Waals surface area contributed by atoms with Crippen molar-refractivity contribution >= 4 is 11.6 Å². The van der Waals surface area contributed by atoms with Crippen molar-refractivity contribution in [2.75, 3.05) is 0 Å². The summed E-state index contributed by atoms with van der Waals surface area (Å²) < 4.78 is 0. The van der Waals surface area contributed by atoms with Gasteiger partial charge in [0.2, 0.25) is 0 Å². The van der Waals surface area contributed by atoms with Crippen molar-refractivity contribution in [1.29, 1.82) is 0 Å². The summed E-state index contributed by atoms with van der Waals surface area (Å²) in [4.78, 5) is 0. The van der Waals surface area contributed by atoms with Gasteiger partial charge < -0.3 is 0 Å². The van der Waals surface area contributed by atoms with Crippen molar-refractivity contribution in [3.63, 3.8) is 0 Å². The van der Waals surface area contributed by atoms with Gasteiger partial charge in [0.25, 0.3) is 0 Å². The fourth-order valence-electron chi connectivity index (χ4n) is 1.72. The highest BCUT2D eigenvalue weighted by Crippen LogP contribution is 2.25. The minimum atomic E-state index is 0.115. The van der Waals surface area contributed by atoms with E-state index in [4.69, 9.17) is 17.4 Å². The molecule has 1 aromatic carbocycles. The molecule has 3 N–H and O–H groups in total. The van der Waals surface area contributed by atoms with E-state index in [0.29, 0.717) is 0 Å². The van der Waals surface area contributed by atoms with Crippen LogP contribution in [0.3, 0.4) is 0 Å². The molecular weight excluding hydrogens is 220 g/mol. The molecule has 0 aromatic heterocycles. The highest BCUT2D eigenvalue weighted by atomic mass is 35.5. The first-order valence-corrected chi connectivity index (χ1v) is 5.85. The Morgan fingerprint density at radius 2 is 2.25 bits per heavy atom. The van der Waals surface area contributed by atoms with Crippen LogP contribution in [-0.4, -0.2) is 0 Å². The lowest BCUT2D eigenvalue weighted by atomic mass is 9.95. The molecule has 16 heavy (non-hydrogen) atoms. The number of hydrazine groups is 1. The lowest BCUT2D eigenvalue weighted by Crippen LogP contribution is -2.28. The summed E-state index contributed by atoms with van der Waals surface area (Å²) in [5.74, 6) is 5.59. The van der Waals surface area contributed by atoms with Crippen molar-refractivity contribution < 1.29 is 0 Å². The Balaban J connectivity index is 2.90. The Kier molecular flexibility index (Phi) is 5.00. The van der Waals surface area contributed by atoms with E-state index in [-0.39, 0.29) is 6.04 Å². The van der Waals surface area contributed by atoms with E-state index >= 15 is 0 Å². The van der Waals surface area contributed by atoms with Gasteiger partial charge in [-0.1, -0.05) is 36.7 Å².